The third-order valence-electron chi connectivity index (χ3n) is 4.01. The summed E-state index contributed by atoms with van der Waals surface area (Å²) >= 11 is 0. The number of benzene rings is 2. The van der Waals surface area contributed by atoms with Crippen molar-refractivity contribution in [1.29, 1.82) is 0 Å². The van der Waals surface area contributed by atoms with Crippen LogP contribution < -0.4 is 10.5 Å². The molecule has 24 heavy (non-hydrogen) atoms. The van der Waals surface area contributed by atoms with Gasteiger partial charge in [0, 0.05) is 12.1 Å². The fourth-order valence-corrected chi connectivity index (χ4v) is 3.41. The molecular weight excluding hydrogens is 324 g/mol. The zero-order valence-corrected chi connectivity index (χ0v) is 14.9. The molecule has 2 aromatic carbocycles. The molecule has 3 N–H and O–H groups in total. The van der Waals surface area contributed by atoms with Gasteiger partial charge in [-0.05, 0) is 42.5 Å². The Morgan fingerprint density at radius 3 is 2.33 bits per heavy atom. The van der Waals surface area contributed by atoms with Gasteiger partial charge in [0.25, 0.3) is 5.91 Å². The highest BCUT2D eigenvalue weighted by Crippen LogP contribution is 2.20. The third kappa shape index (κ3) is 4.21. The predicted molar refractivity (Wildman–Crippen MR) is 94.5 cm³/mol. The smallest absolute Gasteiger partial charge is 0.251 e. The number of rotatable bonds is 5. The van der Waals surface area contributed by atoms with Crippen molar-refractivity contribution in [2.45, 2.75) is 31.6 Å². The molecule has 5 nitrogen and oxygen atoms in total. The van der Waals surface area contributed by atoms with Gasteiger partial charge in [0.15, 0.2) is 0 Å². The first-order valence-corrected chi connectivity index (χ1v) is 9.22. The van der Waals surface area contributed by atoms with E-state index in [1.165, 1.54) is 6.07 Å². The molecule has 2 aromatic rings. The summed E-state index contributed by atoms with van der Waals surface area (Å²) in [4.78, 5) is 12.4. The Morgan fingerprint density at radius 1 is 1.12 bits per heavy atom. The van der Waals surface area contributed by atoms with E-state index in [9.17, 15) is 13.2 Å². The van der Waals surface area contributed by atoms with Crippen LogP contribution in [0.1, 0.15) is 39.9 Å². The van der Waals surface area contributed by atoms with Gasteiger partial charge in [-0.25, -0.2) is 13.6 Å². The maximum absolute atomic E-state index is 12.4. The summed E-state index contributed by atoms with van der Waals surface area (Å²) in [6.07, 6.45) is 0. The fourth-order valence-electron chi connectivity index (χ4n) is 2.62. The summed E-state index contributed by atoms with van der Waals surface area (Å²) in [5.41, 5.74) is 2.70. The predicted octanol–water partition coefficient (Wildman–Crippen LogP) is 2.48. The molecule has 1 amide bonds. The first-order valence-electron chi connectivity index (χ1n) is 7.67. The van der Waals surface area contributed by atoms with Crippen LogP contribution in [0.3, 0.4) is 0 Å². The van der Waals surface area contributed by atoms with Gasteiger partial charge in [-0.15, -0.1) is 0 Å². The summed E-state index contributed by atoms with van der Waals surface area (Å²) in [5.74, 6) is -0.154. The van der Waals surface area contributed by atoms with Crippen LogP contribution in [0.5, 0.6) is 0 Å². The summed E-state index contributed by atoms with van der Waals surface area (Å²) < 4.78 is 23.3. The first kappa shape index (κ1) is 18.2. The highest BCUT2D eigenvalue weighted by molar-refractivity contribution is 7.89. The van der Waals surface area contributed by atoms with Crippen LogP contribution in [0.15, 0.2) is 47.4 Å². The largest absolute Gasteiger partial charge is 0.351 e. The number of amides is 1. The lowest BCUT2D eigenvalue weighted by molar-refractivity contribution is 0.0951. The van der Waals surface area contributed by atoms with Crippen molar-refractivity contribution in [1.82, 2.24) is 5.32 Å². The standard InChI is InChI=1S/C18H22N2O3S/c1-12-9-13(2)17(24(19,22)23)10-16(12)18(21)20-11-14(3)15-7-5-4-6-8-15/h4-10,14H,11H2,1-3H3,(H,20,21)(H2,19,22,23)/t14-/m1/s1. The SMILES string of the molecule is Cc1cc(C)c(S(N)(=O)=O)cc1C(=O)NC[C@@H](C)c1ccccc1. The van der Waals surface area contributed by atoms with Crippen LogP contribution in [0.4, 0.5) is 0 Å². The lowest BCUT2D eigenvalue weighted by Gasteiger charge is -2.15. The number of nitrogens with two attached hydrogens (primary N) is 1. The molecule has 0 unspecified atom stereocenters. The number of sulfonamides is 1. The fraction of sp³-hybridized carbons (Fsp3) is 0.278. The maximum Gasteiger partial charge on any atom is 0.251 e. The summed E-state index contributed by atoms with van der Waals surface area (Å²) in [6.45, 7) is 5.91. The van der Waals surface area contributed by atoms with Gasteiger partial charge in [-0.2, -0.15) is 0 Å². The topological polar surface area (TPSA) is 89.3 Å². The molecule has 0 bridgehead atoms. The van der Waals surface area contributed by atoms with Crippen molar-refractivity contribution >= 4 is 15.9 Å². The Bertz CT molecular complexity index is 846. The minimum atomic E-state index is -3.86. The molecule has 0 saturated carbocycles. The molecular formula is C18H22N2O3S. The molecule has 0 aromatic heterocycles. The molecule has 0 aliphatic rings. The molecule has 0 heterocycles. The first-order chi connectivity index (χ1) is 11.2. The van der Waals surface area contributed by atoms with Crippen molar-refractivity contribution in [3.05, 3.63) is 64.7 Å². The Morgan fingerprint density at radius 2 is 1.75 bits per heavy atom. The molecule has 2 rings (SSSR count). The molecule has 0 aliphatic heterocycles. The number of hydrogen-bond donors (Lipinski definition) is 2. The van der Waals surface area contributed by atoms with Gasteiger partial charge < -0.3 is 5.32 Å². The second kappa shape index (κ2) is 7.15. The lowest BCUT2D eigenvalue weighted by Crippen LogP contribution is -2.28. The molecule has 0 radical (unpaired) electrons. The summed E-state index contributed by atoms with van der Waals surface area (Å²) in [5, 5.41) is 8.08. The van der Waals surface area contributed by atoms with E-state index in [2.05, 4.69) is 5.32 Å². The molecule has 6 heteroatoms. The van der Waals surface area contributed by atoms with Crippen LogP contribution in [0, 0.1) is 13.8 Å². The van der Waals surface area contributed by atoms with Gasteiger partial charge in [0.1, 0.15) is 0 Å². The Labute approximate surface area is 142 Å². The van der Waals surface area contributed by atoms with Crippen molar-refractivity contribution in [2.75, 3.05) is 6.54 Å². The summed E-state index contributed by atoms with van der Waals surface area (Å²) in [7, 11) is -3.86. The number of hydrogen-bond acceptors (Lipinski definition) is 3. The van der Waals surface area contributed by atoms with E-state index in [1.54, 1.807) is 19.9 Å². The number of nitrogens with one attached hydrogen (secondary N) is 1. The maximum atomic E-state index is 12.4. The Balaban J connectivity index is 2.18. The number of carbonyl (C=O) groups is 1. The minimum Gasteiger partial charge on any atom is -0.351 e. The van der Waals surface area contributed by atoms with Crippen molar-refractivity contribution in [3.63, 3.8) is 0 Å². The average Bonchev–Trinajstić information content (AvgIpc) is 2.52. The van der Waals surface area contributed by atoms with E-state index in [-0.39, 0.29) is 16.7 Å². The quantitative estimate of drug-likeness (QED) is 0.871. The van der Waals surface area contributed by atoms with E-state index < -0.39 is 10.0 Å². The molecule has 1 atom stereocenters. The molecule has 0 aliphatic carbocycles. The Kier molecular flexibility index (Phi) is 5.41. The van der Waals surface area contributed by atoms with Crippen molar-refractivity contribution < 1.29 is 13.2 Å². The van der Waals surface area contributed by atoms with Gasteiger partial charge in [0.05, 0.1) is 4.90 Å². The van der Waals surface area contributed by atoms with Crippen LogP contribution >= 0.6 is 0 Å². The number of aryl methyl sites for hydroxylation is 2. The number of carbonyl (C=O) groups excluding carboxylic acids is 1. The highest BCUT2D eigenvalue weighted by atomic mass is 32.2. The van der Waals surface area contributed by atoms with Crippen molar-refractivity contribution in [3.8, 4) is 0 Å². The van der Waals surface area contributed by atoms with Gasteiger partial charge >= 0.3 is 0 Å². The molecule has 0 spiro atoms. The van der Waals surface area contributed by atoms with Crippen molar-refractivity contribution in [2.24, 2.45) is 5.14 Å². The second-order valence-electron chi connectivity index (χ2n) is 6.00. The van der Waals surface area contributed by atoms with Gasteiger partial charge in [-0.1, -0.05) is 43.3 Å². The van der Waals surface area contributed by atoms with E-state index in [1.807, 2.05) is 37.3 Å². The van der Waals surface area contributed by atoms with E-state index in [0.717, 1.165) is 5.56 Å². The van der Waals surface area contributed by atoms with E-state index in [0.29, 0.717) is 23.2 Å². The van der Waals surface area contributed by atoms with Crippen LogP contribution in [0.25, 0.3) is 0 Å². The van der Waals surface area contributed by atoms with Gasteiger partial charge in [-0.3, -0.25) is 4.79 Å². The van der Waals surface area contributed by atoms with Crippen LogP contribution in [0.2, 0.25) is 0 Å². The van der Waals surface area contributed by atoms with E-state index >= 15 is 0 Å². The zero-order chi connectivity index (χ0) is 17.9. The lowest BCUT2D eigenvalue weighted by atomic mass is 10.0. The van der Waals surface area contributed by atoms with Gasteiger partial charge in [0.2, 0.25) is 10.0 Å². The second-order valence-corrected chi connectivity index (χ2v) is 7.53. The zero-order valence-electron chi connectivity index (χ0n) is 14.0. The monoisotopic (exact) mass is 346 g/mol. The normalized spacial score (nSPS) is 12.7. The molecule has 0 saturated heterocycles. The average molecular weight is 346 g/mol. The summed E-state index contributed by atoms with van der Waals surface area (Å²) in [6, 6.07) is 12.9. The molecule has 0 fully saturated rings. The minimum absolute atomic E-state index is 0.0191. The van der Waals surface area contributed by atoms with E-state index in [4.69, 9.17) is 5.14 Å². The number of primary sulfonamides is 1. The Hall–Kier alpha value is -2.18. The third-order valence-corrected chi connectivity index (χ3v) is 5.06. The van der Waals surface area contributed by atoms with Crippen LogP contribution in [-0.4, -0.2) is 20.9 Å². The van der Waals surface area contributed by atoms with Crippen LogP contribution in [-0.2, 0) is 10.0 Å². The molecule has 128 valence electrons. The highest BCUT2D eigenvalue weighted by Gasteiger charge is 2.18.